The normalized spacial score (nSPS) is 21.6. The van der Waals surface area contributed by atoms with E-state index in [-0.39, 0.29) is 0 Å². The monoisotopic (exact) mass is 209 g/mol. The van der Waals surface area contributed by atoms with E-state index in [1.165, 1.54) is 0 Å². The van der Waals surface area contributed by atoms with Crippen LogP contribution in [0.25, 0.3) is 0 Å². The molecule has 1 unspecified atom stereocenters. The van der Waals surface area contributed by atoms with Gasteiger partial charge in [0.1, 0.15) is 5.76 Å². The summed E-state index contributed by atoms with van der Waals surface area (Å²) in [6, 6.07) is 0.405. The molecule has 0 spiro atoms. The van der Waals surface area contributed by atoms with Gasteiger partial charge in [0.2, 0.25) is 0 Å². The number of hydrogen-bond donors (Lipinski definition) is 1. The van der Waals surface area contributed by atoms with Gasteiger partial charge in [0.05, 0.1) is 11.7 Å². The molecule has 0 saturated heterocycles. The zero-order valence-electron chi connectivity index (χ0n) is 9.28. The minimum absolute atomic E-state index is 0.405. The van der Waals surface area contributed by atoms with Crippen molar-refractivity contribution in [3.8, 4) is 0 Å². The molecule has 4 heteroatoms. The first-order chi connectivity index (χ1) is 7.33. The van der Waals surface area contributed by atoms with Gasteiger partial charge in [-0.1, -0.05) is 6.42 Å². The summed E-state index contributed by atoms with van der Waals surface area (Å²) in [6.07, 6.45) is 5.95. The second-order valence-electron chi connectivity index (χ2n) is 4.19. The van der Waals surface area contributed by atoms with Crippen molar-refractivity contribution in [3.05, 3.63) is 17.8 Å². The molecule has 2 heterocycles. The molecule has 0 aromatic carbocycles. The topological polar surface area (TPSA) is 55.3 Å². The second-order valence-corrected chi connectivity index (χ2v) is 4.19. The lowest BCUT2D eigenvalue weighted by Gasteiger charge is -2.30. The summed E-state index contributed by atoms with van der Waals surface area (Å²) >= 11 is 0. The zero-order chi connectivity index (χ0) is 10.7. The van der Waals surface area contributed by atoms with Gasteiger partial charge in [-0.25, -0.2) is 4.98 Å². The van der Waals surface area contributed by atoms with Crippen LogP contribution in [-0.4, -0.2) is 30.0 Å². The van der Waals surface area contributed by atoms with E-state index in [1.807, 2.05) is 0 Å². The smallest absolute Gasteiger partial charge is 0.181 e. The first-order valence-electron chi connectivity index (χ1n) is 5.65. The number of hydrogen-bond acceptors (Lipinski definition) is 4. The van der Waals surface area contributed by atoms with Crippen molar-refractivity contribution in [2.75, 3.05) is 20.1 Å². The maximum absolute atomic E-state index is 5.50. The molecule has 0 bridgehead atoms. The van der Waals surface area contributed by atoms with Gasteiger partial charge < -0.3 is 10.2 Å². The van der Waals surface area contributed by atoms with Crippen molar-refractivity contribution in [1.29, 1.82) is 0 Å². The fourth-order valence-corrected chi connectivity index (χ4v) is 2.21. The Labute approximate surface area is 90.5 Å². The molecule has 4 nitrogen and oxygen atoms in total. The standard InChI is InChI=1S/C11H19N3O/c1-14-7-5-9-11(15-8-13-9)10(14)4-2-3-6-12/h8,10H,2-7,12H2,1H3. The van der Waals surface area contributed by atoms with E-state index in [0.717, 1.165) is 50.2 Å². The molecule has 1 aliphatic rings. The number of rotatable bonds is 4. The van der Waals surface area contributed by atoms with Gasteiger partial charge in [-0.2, -0.15) is 0 Å². The third kappa shape index (κ3) is 2.21. The molecule has 15 heavy (non-hydrogen) atoms. The average molecular weight is 209 g/mol. The highest BCUT2D eigenvalue weighted by Crippen LogP contribution is 2.31. The van der Waals surface area contributed by atoms with Crippen LogP contribution in [0.2, 0.25) is 0 Å². The van der Waals surface area contributed by atoms with Crippen LogP contribution in [0.3, 0.4) is 0 Å². The Hall–Kier alpha value is -0.870. The number of fused-ring (bicyclic) bond motifs is 1. The fraction of sp³-hybridized carbons (Fsp3) is 0.727. The molecular formula is C11H19N3O. The molecule has 0 fully saturated rings. The van der Waals surface area contributed by atoms with E-state index in [0.29, 0.717) is 6.04 Å². The van der Waals surface area contributed by atoms with Crippen LogP contribution < -0.4 is 5.73 Å². The van der Waals surface area contributed by atoms with Gasteiger partial charge >= 0.3 is 0 Å². The van der Waals surface area contributed by atoms with Crippen molar-refractivity contribution < 1.29 is 4.42 Å². The van der Waals surface area contributed by atoms with Gasteiger partial charge in [-0.05, 0) is 26.4 Å². The van der Waals surface area contributed by atoms with Gasteiger partial charge in [-0.15, -0.1) is 0 Å². The van der Waals surface area contributed by atoms with Crippen molar-refractivity contribution in [2.45, 2.75) is 31.7 Å². The molecule has 0 amide bonds. The number of nitrogens with two attached hydrogens (primary N) is 1. The summed E-state index contributed by atoms with van der Waals surface area (Å²) in [5, 5.41) is 0. The zero-order valence-corrected chi connectivity index (χ0v) is 9.28. The molecule has 2 N–H and O–H groups in total. The lowest BCUT2D eigenvalue weighted by atomic mass is 9.99. The first kappa shape index (κ1) is 10.6. The Morgan fingerprint density at radius 3 is 3.27 bits per heavy atom. The molecule has 0 aliphatic carbocycles. The summed E-state index contributed by atoms with van der Waals surface area (Å²) in [5.74, 6) is 1.07. The molecule has 1 atom stereocenters. The van der Waals surface area contributed by atoms with Crippen molar-refractivity contribution in [3.63, 3.8) is 0 Å². The van der Waals surface area contributed by atoms with Crippen LogP contribution in [0.5, 0.6) is 0 Å². The van der Waals surface area contributed by atoms with E-state index in [9.17, 15) is 0 Å². The fourth-order valence-electron chi connectivity index (χ4n) is 2.21. The number of oxazole rings is 1. The summed E-state index contributed by atoms with van der Waals surface area (Å²) < 4.78 is 5.49. The summed E-state index contributed by atoms with van der Waals surface area (Å²) in [7, 11) is 2.15. The maximum Gasteiger partial charge on any atom is 0.181 e. The lowest BCUT2D eigenvalue weighted by molar-refractivity contribution is 0.185. The van der Waals surface area contributed by atoms with Crippen molar-refractivity contribution >= 4 is 0 Å². The summed E-state index contributed by atoms with van der Waals surface area (Å²) in [6.45, 7) is 1.85. The molecule has 84 valence electrons. The molecule has 2 rings (SSSR count). The molecule has 0 saturated carbocycles. The van der Waals surface area contributed by atoms with Crippen molar-refractivity contribution in [1.82, 2.24) is 9.88 Å². The predicted molar refractivity (Wildman–Crippen MR) is 58.5 cm³/mol. The number of nitrogens with zero attached hydrogens (tertiary/aromatic N) is 2. The van der Waals surface area contributed by atoms with Crippen LogP contribution in [-0.2, 0) is 6.42 Å². The number of aromatic nitrogens is 1. The summed E-state index contributed by atoms with van der Waals surface area (Å²) in [4.78, 5) is 6.60. The van der Waals surface area contributed by atoms with Gasteiger partial charge in [-0.3, -0.25) is 4.90 Å². The Kier molecular flexibility index (Phi) is 3.38. The minimum atomic E-state index is 0.405. The van der Waals surface area contributed by atoms with E-state index in [1.54, 1.807) is 6.39 Å². The predicted octanol–water partition coefficient (Wildman–Crippen LogP) is 1.33. The van der Waals surface area contributed by atoms with E-state index >= 15 is 0 Å². The SMILES string of the molecule is CN1CCc2ncoc2C1CCCCN. The highest BCUT2D eigenvalue weighted by atomic mass is 16.3. The molecule has 0 radical (unpaired) electrons. The Morgan fingerprint density at radius 1 is 1.60 bits per heavy atom. The van der Waals surface area contributed by atoms with Crippen LogP contribution in [0.15, 0.2) is 10.8 Å². The van der Waals surface area contributed by atoms with Gasteiger partial charge in [0.25, 0.3) is 0 Å². The highest BCUT2D eigenvalue weighted by molar-refractivity contribution is 5.15. The third-order valence-electron chi connectivity index (χ3n) is 3.14. The number of unbranched alkanes of at least 4 members (excludes halogenated alkanes) is 1. The number of likely N-dealkylation sites (N-methyl/N-ethyl adjacent to an activating group) is 1. The second kappa shape index (κ2) is 4.77. The van der Waals surface area contributed by atoms with Gasteiger partial charge in [0, 0.05) is 13.0 Å². The molecule has 1 aromatic heterocycles. The van der Waals surface area contributed by atoms with Crippen LogP contribution in [0.4, 0.5) is 0 Å². The Morgan fingerprint density at radius 2 is 2.47 bits per heavy atom. The lowest BCUT2D eigenvalue weighted by Crippen LogP contribution is -2.31. The third-order valence-corrected chi connectivity index (χ3v) is 3.14. The molecular weight excluding hydrogens is 190 g/mol. The maximum atomic E-state index is 5.50. The largest absolute Gasteiger partial charge is 0.447 e. The van der Waals surface area contributed by atoms with Crippen LogP contribution in [0, 0.1) is 0 Å². The molecule has 1 aromatic rings. The Bertz CT molecular complexity index is 311. The van der Waals surface area contributed by atoms with Gasteiger partial charge in [0.15, 0.2) is 6.39 Å². The van der Waals surface area contributed by atoms with E-state index in [4.69, 9.17) is 10.2 Å². The quantitative estimate of drug-likeness (QED) is 0.760. The average Bonchev–Trinajstić information content (AvgIpc) is 2.69. The van der Waals surface area contributed by atoms with E-state index in [2.05, 4.69) is 16.9 Å². The first-order valence-corrected chi connectivity index (χ1v) is 5.65. The Balaban J connectivity index is 2.03. The minimum Gasteiger partial charge on any atom is -0.447 e. The van der Waals surface area contributed by atoms with E-state index < -0.39 is 0 Å². The van der Waals surface area contributed by atoms with Crippen molar-refractivity contribution in [2.24, 2.45) is 5.73 Å². The van der Waals surface area contributed by atoms with Crippen LogP contribution in [0.1, 0.15) is 36.8 Å². The van der Waals surface area contributed by atoms with Crippen LogP contribution >= 0.6 is 0 Å². The molecule has 1 aliphatic heterocycles. The highest BCUT2D eigenvalue weighted by Gasteiger charge is 2.27. The summed E-state index contributed by atoms with van der Waals surface area (Å²) in [5.41, 5.74) is 6.65.